The number of aryl methyl sites for hydroxylation is 1. The highest BCUT2D eigenvalue weighted by atomic mass is 32.1. The van der Waals surface area contributed by atoms with Gasteiger partial charge < -0.3 is 10.1 Å². The van der Waals surface area contributed by atoms with E-state index < -0.39 is 11.9 Å². The molecule has 0 saturated heterocycles. The Labute approximate surface area is 176 Å². The van der Waals surface area contributed by atoms with Gasteiger partial charge in [0.2, 0.25) is 0 Å². The number of para-hydroxylation sites is 1. The number of thiazole rings is 1. The molecule has 0 bridgehead atoms. The number of fused-ring (bicyclic) bond motifs is 1. The lowest BCUT2D eigenvalue weighted by Gasteiger charge is -2.15. The summed E-state index contributed by atoms with van der Waals surface area (Å²) in [4.78, 5) is 18.7. The van der Waals surface area contributed by atoms with E-state index in [2.05, 4.69) is 10.3 Å². The molecule has 0 radical (unpaired) electrons. The minimum atomic E-state index is -0.837. The fraction of sp³-hybridized carbons (Fsp3) is 0.182. The molecule has 30 heavy (non-hydrogen) atoms. The van der Waals surface area contributed by atoms with Gasteiger partial charge in [-0.1, -0.05) is 23.5 Å². The minimum absolute atomic E-state index is 0.0410. The number of hydrogen-bond acceptors (Lipinski definition) is 4. The van der Waals surface area contributed by atoms with E-state index >= 15 is 0 Å². The zero-order valence-electron chi connectivity index (χ0n) is 16.4. The van der Waals surface area contributed by atoms with Crippen LogP contribution in [0, 0.1) is 18.6 Å². The van der Waals surface area contributed by atoms with Crippen molar-refractivity contribution in [2.75, 3.05) is 0 Å². The summed E-state index contributed by atoms with van der Waals surface area (Å²) in [6.45, 7) is 3.83. The van der Waals surface area contributed by atoms with E-state index in [4.69, 9.17) is 4.74 Å². The molecule has 1 N–H and O–H groups in total. The number of carbonyl (C=O) groups excluding carboxylic acids is 1. The van der Waals surface area contributed by atoms with Gasteiger partial charge in [-0.25, -0.2) is 13.8 Å². The monoisotopic (exact) mass is 427 g/mol. The topological polar surface area (TPSA) is 55.6 Å². The second-order valence-corrected chi connectivity index (χ2v) is 7.87. The van der Waals surface area contributed by atoms with Crippen molar-refractivity contribution >= 4 is 22.2 Å². The van der Waals surface area contributed by atoms with Crippen molar-refractivity contribution in [3.63, 3.8) is 0 Å². The first-order chi connectivity index (χ1) is 14.4. The molecule has 2 aromatic heterocycles. The molecule has 1 atom stereocenters. The largest absolute Gasteiger partial charge is 0.478 e. The van der Waals surface area contributed by atoms with Crippen molar-refractivity contribution in [3.05, 3.63) is 76.9 Å². The van der Waals surface area contributed by atoms with Crippen molar-refractivity contribution in [2.45, 2.75) is 26.5 Å². The maximum atomic E-state index is 13.7. The fourth-order valence-electron chi connectivity index (χ4n) is 3.01. The van der Waals surface area contributed by atoms with Crippen LogP contribution >= 0.6 is 11.3 Å². The van der Waals surface area contributed by atoms with E-state index in [0.29, 0.717) is 6.54 Å². The van der Waals surface area contributed by atoms with Crippen LogP contribution in [0.4, 0.5) is 8.78 Å². The van der Waals surface area contributed by atoms with Crippen LogP contribution in [0.3, 0.4) is 0 Å². The smallest absolute Gasteiger partial charge is 0.261 e. The van der Waals surface area contributed by atoms with Gasteiger partial charge in [0.05, 0.1) is 12.2 Å². The molecule has 0 spiro atoms. The van der Waals surface area contributed by atoms with Crippen LogP contribution in [0.1, 0.15) is 17.5 Å². The molecule has 0 saturated carbocycles. The lowest BCUT2D eigenvalue weighted by Crippen LogP contribution is -2.36. The number of nitrogens with one attached hydrogen (secondary N) is 1. The van der Waals surface area contributed by atoms with E-state index in [1.54, 1.807) is 31.2 Å². The van der Waals surface area contributed by atoms with Gasteiger partial charge in [0, 0.05) is 22.3 Å². The number of halogens is 2. The lowest BCUT2D eigenvalue weighted by atomic mass is 10.2. The first-order valence-corrected chi connectivity index (χ1v) is 10.2. The van der Waals surface area contributed by atoms with E-state index in [1.165, 1.54) is 35.6 Å². The van der Waals surface area contributed by atoms with Gasteiger partial charge in [-0.2, -0.15) is 0 Å². The quantitative estimate of drug-likeness (QED) is 0.484. The van der Waals surface area contributed by atoms with E-state index in [-0.39, 0.29) is 17.5 Å². The Morgan fingerprint density at radius 3 is 2.63 bits per heavy atom. The van der Waals surface area contributed by atoms with Crippen molar-refractivity contribution in [1.82, 2.24) is 14.7 Å². The lowest BCUT2D eigenvalue weighted by molar-refractivity contribution is -0.127. The number of imidazole rings is 1. The number of aromatic nitrogens is 2. The van der Waals surface area contributed by atoms with E-state index in [1.807, 2.05) is 17.5 Å². The Balaban J connectivity index is 1.43. The highest BCUT2D eigenvalue weighted by molar-refractivity contribution is 7.17. The van der Waals surface area contributed by atoms with Gasteiger partial charge in [-0.15, -0.1) is 0 Å². The fourth-order valence-corrected chi connectivity index (χ4v) is 4.06. The molecule has 0 aliphatic carbocycles. The number of carbonyl (C=O) groups is 1. The Bertz CT molecular complexity index is 1200. The third-order valence-electron chi connectivity index (χ3n) is 4.73. The summed E-state index contributed by atoms with van der Waals surface area (Å²) in [6, 6.07) is 12.2. The van der Waals surface area contributed by atoms with Crippen LogP contribution in [0.15, 0.2) is 54.7 Å². The number of nitrogens with zero attached hydrogens (tertiary/aromatic N) is 2. The van der Waals surface area contributed by atoms with Crippen molar-refractivity contribution < 1.29 is 18.3 Å². The highest BCUT2D eigenvalue weighted by Gasteiger charge is 2.18. The third-order valence-corrected chi connectivity index (χ3v) is 5.88. The second kappa shape index (κ2) is 8.23. The first kappa shape index (κ1) is 20.0. The molecular formula is C22H19F2N3O2S. The Hall–Kier alpha value is -3.26. The van der Waals surface area contributed by atoms with Crippen LogP contribution in [0.25, 0.3) is 16.2 Å². The Kier molecular flexibility index (Phi) is 5.50. The molecule has 4 rings (SSSR count). The van der Waals surface area contributed by atoms with Gasteiger partial charge in [-0.05, 0) is 50.2 Å². The molecule has 2 heterocycles. The van der Waals surface area contributed by atoms with Gasteiger partial charge in [0.15, 0.2) is 22.6 Å². The summed E-state index contributed by atoms with van der Waals surface area (Å²) in [6.07, 6.45) is 1.06. The van der Waals surface area contributed by atoms with Crippen molar-refractivity contribution in [2.24, 2.45) is 0 Å². The van der Waals surface area contributed by atoms with Crippen LogP contribution in [0.2, 0.25) is 0 Å². The molecule has 1 unspecified atom stereocenters. The molecule has 4 aromatic rings. The Morgan fingerprint density at radius 1 is 1.20 bits per heavy atom. The van der Waals surface area contributed by atoms with Gasteiger partial charge >= 0.3 is 0 Å². The van der Waals surface area contributed by atoms with Crippen LogP contribution in [-0.2, 0) is 11.3 Å². The van der Waals surface area contributed by atoms with E-state index in [9.17, 15) is 13.6 Å². The molecular weight excluding hydrogens is 408 g/mol. The molecule has 154 valence electrons. The number of ether oxygens (including phenoxy) is 1. The summed E-state index contributed by atoms with van der Waals surface area (Å²) in [5, 5.41) is 2.82. The maximum Gasteiger partial charge on any atom is 0.261 e. The first-order valence-electron chi connectivity index (χ1n) is 9.34. The van der Waals surface area contributed by atoms with E-state index in [0.717, 1.165) is 26.8 Å². The predicted octanol–water partition coefficient (Wildman–Crippen LogP) is 4.73. The van der Waals surface area contributed by atoms with Crippen molar-refractivity contribution in [1.29, 1.82) is 0 Å². The molecule has 2 aromatic carbocycles. The summed E-state index contributed by atoms with van der Waals surface area (Å²) in [5.41, 5.74) is 2.55. The molecule has 1 amide bonds. The molecule has 0 fully saturated rings. The van der Waals surface area contributed by atoms with Gasteiger partial charge in [0.1, 0.15) is 5.82 Å². The second-order valence-electron chi connectivity index (χ2n) is 6.80. The number of hydrogen-bond donors (Lipinski definition) is 1. The standard InChI is InChI=1S/C22H19F2N3O2S/c1-13-20(11-25-21(28)14(2)29-19-6-4-3-5-17(19)24)30-22-26-18(12-27(13)22)15-7-9-16(23)10-8-15/h3-10,12,14H,11H2,1-2H3,(H,25,28). The summed E-state index contributed by atoms with van der Waals surface area (Å²) < 4.78 is 34.2. The molecule has 5 nitrogen and oxygen atoms in total. The minimum Gasteiger partial charge on any atom is -0.478 e. The predicted molar refractivity (Wildman–Crippen MR) is 112 cm³/mol. The summed E-state index contributed by atoms with van der Waals surface area (Å²) in [5.74, 6) is -1.10. The number of amides is 1. The van der Waals surface area contributed by atoms with Gasteiger partial charge in [-0.3, -0.25) is 9.20 Å². The summed E-state index contributed by atoms with van der Waals surface area (Å²) >= 11 is 1.46. The molecule has 0 aliphatic heterocycles. The highest BCUT2D eigenvalue weighted by Crippen LogP contribution is 2.27. The average Bonchev–Trinajstić information content (AvgIpc) is 3.27. The van der Waals surface area contributed by atoms with Crippen LogP contribution in [0.5, 0.6) is 5.75 Å². The maximum absolute atomic E-state index is 13.7. The zero-order valence-corrected chi connectivity index (χ0v) is 17.2. The normalized spacial score (nSPS) is 12.1. The SMILES string of the molecule is Cc1c(CNC(=O)C(C)Oc2ccccc2F)sc2nc(-c3ccc(F)cc3)cn12. The van der Waals surface area contributed by atoms with Gasteiger partial charge in [0.25, 0.3) is 5.91 Å². The van der Waals surface area contributed by atoms with Crippen LogP contribution < -0.4 is 10.1 Å². The molecule has 0 aliphatic rings. The number of benzene rings is 2. The Morgan fingerprint density at radius 2 is 1.93 bits per heavy atom. The average molecular weight is 427 g/mol. The summed E-state index contributed by atoms with van der Waals surface area (Å²) in [7, 11) is 0. The molecule has 8 heteroatoms. The number of rotatable bonds is 6. The third kappa shape index (κ3) is 4.04. The van der Waals surface area contributed by atoms with Crippen LogP contribution in [-0.4, -0.2) is 21.4 Å². The van der Waals surface area contributed by atoms with Crippen molar-refractivity contribution in [3.8, 4) is 17.0 Å². The zero-order chi connectivity index (χ0) is 21.3.